The molecule has 6 heteroatoms. The molecule has 0 bridgehead atoms. The van der Waals surface area contributed by atoms with Gasteiger partial charge in [-0.05, 0) is 24.6 Å². The Bertz CT molecular complexity index is 483. The Morgan fingerprint density at radius 1 is 1.53 bits per heavy atom. The van der Waals surface area contributed by atoms with Crippen LogP contribution in [-0.4, -0.2) is 19.7 Å². The van der Waals surface area contributed by atoms with Gasteiger partial charge in [0.2, 0.25) is 5.28 Å². The third kappa shape index (κ3) is 1.83. The summed E-state index contributed by atoms with van der Waals surface area (Å²) in [5, 5.41) is 4.05. The van der Waals surface area contributed by atoms with Crippen molar-refractivity contribution >= 4 is 11.6 Å². The number of rotatable bonds is 2. The van der Waals surface area contributed by atoms with E-state index in [0.29, 0.717) is 12.2 Å². The first-order chi connectivity index (χ1) is 7.22. The maximum absolute atomic E-state index is 13.4. The second kappa shape index (κ2) is 3.94. The lowest BCUT2D eigenvalue weighted by Gasteiger charge is -2.04. The molecule has 78 valence electrons. The highest BCUT2D eigenvalue weighted by Gasteiger charge is 2.12. The zero-order valence-corrected chi connectivity index (χ0v) is 8.74. The average Bonchev–Trinajstić information content (AvgIpc) is 2.69. The third-order valence-corrected chi connectivity index (χ3v) is 2.16. The Hall–Kier alpha value is -1.49. The summed E-state index contributed by atoms with van der Waals surface area (Å²) in [5.74, 6) is -0.505. The maximum atomic E-state index is 13.4. The molecule has 0 aliphatic carbocycles. The van der Waals surface area contributed by atoms with Crippen molar-refractivity contribution in [1.82, 2.24) is 19.7 Å². The monoisotopic (exact) mass is 226 g/mol. The van der Waals surface area contributed by atoms with Crippen molar-refractivity contribution in [2.45, 2.75) is 13.5 Å². The molecule has 0 radical (unpaired) electrons. The van der Waals surface area contributed by atoms with Crippen LogP contribution in [0.15, 0.2) is 18.5 Å². The number of aryl methyl sites for hydroxylation is 1. The number of hydrogen-bond acceptors (Lipinski definition) is 3. The first kappa shape index (κ1) is 10.0. The molecule has 0 aliphatic rings. The molecule has 0 N–H and O–H groups in total. The van der Waals surface area contributed by atoms with Crippen LogP contribution in [-0.2, 0) is 6.54 Å². The minimum atomic E-state index is -0.505. The van der Waals surface area contributed by atoms with E-state index < -0.39 is 5.82 Å². The maximum Gasteiger partial charge on any atom is 0.223 e. The van der Waals surface area contributed by atoms with E-state index in [1.165, 1.54) is 0 Å². The highest BCUT2D eigenvalue weighted by atomic mass is 35.5. The van der Waals surface area contributed by atoms with Crippen molar-refractivity contribution in [3.8, 4) is 11.4 Å². The van der Waals surface area contributed by atoms with Gasteiger partial charge in [-0.2, -0.15) is 5.10 Å². The molecule has 2 heterocycles. The summed E-state index contributed by atoms with van der Waals surface area (Å²) >= 11 is 5.61. The summed E-state index contributed by atoms with van der Waals surface area (Å²) < 4.78 is 15.1. The van der Waals surface area contributed by atoms with Gasteiger partial charge in [0.25, 0.3) is 0 Å². The van der Waals surface area contributed by atoms with Crippen LogP contribution in [0, 0.1) is 5.82 Å². The molecule has 2 rings (SSSR count). The van der Waals surface area contributed by atoms with Gasteiger partial charge in [-0.25, -0.2) is 14.4 Å². The topological polar surface area (TPSA) is 43.6 Å². The quantitative estimate of drug-likeness (QED) is 0.737. The van der Waals surface area contributed by atoms with E-state index in [1.807, 2.05) is 6.92 Å². The minimum Gasteiger partial charge on any atom is -0.263 e. The van der Waals surface area contributed by atoms with Crippen LogP contribution in [0.5, 0.6) is 0 Å². The second-order valence-electron chi connectivity index (χ2n) is 2.87. The molecule has 0 atom stereocenters. The molecule has 0 spiro atoms. The van der Waals surface area contributed by atoms with E-state index in [-0.39, 0.29) is 11.0 Å². The van der Waals surface area contributed by atoms with Crippen LogP contribution in [0.4, 0.5) is 4.39 Å². The molecule has 0 unspecified atom stereocenters. The molecular formula is C9H8ClFN4. The number of halogens is 2. The Morgan fingerprint density at radius 2 is 2.33 bits per heavy atom. The number of hydrogen-bond donors (Lipinski definition) is 0. The Balaban J connectivity index is 2.58. The zero-order chi connectivity index (χ0) is 10.8. The smallest absolute Gasteiger partial charge is 0.223 e. The molecule has 2 aromatic rings. The van der Waals surface area contributed by atoms with Crippen LogP contribution in [0.3, 0.4) is 0 Å². The van der Waals surface area contributed by atoms with Crippen LogP contribution in [0.25, 0.3) is 11.4 Å². The van der Waals surface area contributed by atoms with E-state index in [2.05, 4.69) is 15.1 Å². The summed E-state index contributed by atoms with van der Waals surface area (Å²) in [6.07, 6.45) is 2.64. The molecule has 0 aliphatic heterocycles. The molecule has 0 saturated heterocycles. The Morgan fingerprint density at radius 3 is 3.07 bits per heavy atom. The first-order valence-corrected chi connectivity index (χ1v) is 4.80. The normalized spacial score (nSPS) is 10.6. The van der Waals surface area contributed by atoms with Crippen LogP contribution >= 0.6 is 11.6 Å². The van der Waals surface area contributed by atoms with Crippen LogP contribution in [0.1, 0.15) is 6.92 Å². The van der Waals surface area contributed by atoms with Crippen LogP contribution in [0.2, 0.25) is 5.28 Å². The summed E-state index contributed by atoms with van der Waals surface area (Å²) in [4.78, 5) is 7.40. The number of aromatic nitrogens is 4. The van der Waals surface area contributed by atoms with E-state index in [4.69, 9.17) is 11.6 Å². The van der Waals surface area contributed by atoms with Crippen molar-refractivity contribution < 1.29 is 4.39 Å². The van der Waals surface area contributed by atoms with Gasteiger partial charge in [0, 0.05) is 12.7 Å². The standard InChI is InChI=1S/C9H8ClFN4/c1-2-15-7(3-4-13-15)8-6(11)5-12-9(10)14-8/h3-5H,2H2,1H3. The Labute approximate surface area is 90.7 Å². The summed E-state index contributed by atoms with van der Waals surface area (Å²) in [6, 6.07) is 1.69. The average molecular weight is 227 g/mol. The van der Waals surface area contributed by atoms with Gasteiger partial charge in [-0.1, -0.05) is 0 Å². The zero-order valence-electron chi connectivity index (χ0n) is 7.98. The third-order valence-electron chi connectivity index (χ3n) is 1.97. The molecule has 0 saturated carbocycles. The fraction of sp³-hybridized carbons (Fsp3) is 0.222. The van der Waals surface area contributed by atoms with Crippen molar-refractivity contribution in [3.63, 3.8) is 0 Å². The van der Waals surface area contributed by atoms with E-state index in [0.717, 1.165) is 6.20 Å². The van der Waals surface area contributed by atoms with Gasteiger partial charge >= 0.3 is 0 Å². The molecule has 0 fully saturated rings. The van der Waals surface area contributed by atoms with Crippen molar-refractivity contribution in [3.05, 3.63) is 29.6 Å². The molecule has 2 aromatic heterocycles. The molecule has 0 aromatic carbocycles. The van der Waals surface area contributed by atoms with Gasteiger partial charge in [0.05, 0.1) is 11.9 Å². The number of nitrogens with zero attached hydrogens (tertiary/aromatic N) is 4. The highest BCUT2D eigenvalue weighted by Crippen LogP contribution is 2.20. The molecule has 15 heavy (non-hydrogen) atoms. The van der Waals surface area contributed by atoms with Crippen molar-refractivity contribution in [2.24, 2.45) is 0 Å². The SMILES string of the molecule is CCn1nccc1-c1nc(Cl)ncc1F. The summed E-state index contributed by atoms with van der Waals surface area (Å²) in [6.45, 7) is 2.56. The highest BCUT2D eigenvalue weighted by molar-refractivity contribution is 6.28. The van der Waals surface area contributed by atoms with E-state index >= 15 is 0 Å². The minimum absolute atomic E-state index is 0.0234. The van der Waals surface area contributed by atoms with Gasteiger partial charge < -0.3 is 0 Å². The molecule has 4 nitrogen and oxygen atoms in total. The fourth-order valence-electron chi connectivity index (χ4n) is 1.31. The van der Waals surface area contributed by atoms with Crippen molar-refractivity contribution in [1.29, 1.82) is 0 Å². The van der Waals surface area contributed by atoms with Gasteiger partial charge in [0.1, 0.15) is 5.69 Å². The summed E-state index contributed by atoms with van der Waals surface area (Å²) in [5.41, 5.74) is 0.772. The molecular weight excluding hydrogens is 219 g/mol. The van der Waals surface area contributed by atoms with Gasteiger partial charge in [-0.3, -0.25) is 4.68 Å². The van der Waals surface area contributed by atoms with Crippen molar-refractivity contribution in [2.75, 3.05) is 0 Å². The largest absolute Gasteiger partial charge is 0.263 e. The predicted molar refractivity (Wildman–Crippen MR) is 53.9 cm³/mol. The van der Waals surface area contributed by atoms with Gasteiger partial charge in [0.15, 0.2) is 5.82 Å². The first-order valence-electron chi connectivity index (χ1n) is 4.42. The van der Waals surface area contributed by atoms with Crippen LogP contribution < -0.4 is 0 Å². The van der Waals surface area contributed by atoms with E-state index in [9.17, 15) is 4.39 Å². The second-order valence-corrected chi connectivity index (χ2v) is 3.21. The lowest BCUT2D eigenvalue weighted by molar-refractivity contribution is 0.608. The Kier molecular flexibility index (Phi) is 2.64. The lowest BCUT2D eigenvalue weighted by Crippen LogP contribution is -2.02. The van der Waals surface area contributed by atoms with Gasteiger partial charge in [-0.15, -0.1) is 0 Å². The molecule has 0 amide bonds. The summed E-state index contributed by atoms with van der Waals surface area (Å²) in [7, 11) is 0. The lowest BCUT2D eigenvalue weighted by atomic mass is 10.3. The predicted octanol–water partition coefficient (Wildman–Crippen LogP) is 2.15. The van der Waals surface area contributed by atoms with E-state index in [1.54, 1.807) is 16.9 Å². The fourth-order valence-corrected chi connectivity index (χ4v) is 1.44.